The molecule has 0 amide bonds. The Morgan fingerprint density at radius 3 is 2.44 bits per heavy atom. The summed E-state index contributed by atoms with van der Waals surface area (Å²) in [6.45, 7) is 1.56. The normalized spacial score (nSPS) is 14.4. The molecule has 0 saturated heterocycles. The number of rotatable bonds is 2. The van der Waals surface area contributed by atoms with Crippen LogP contribution in [0.25, 0.3) is 0 Å². The Bertz CT molecular complexity index is 482. The van der Waals surface area contributed by atoms with Crippen molar-refractivity contribution in [1.82, 2.24) is 4.98 Å². The van der Waals surface area contributed by atoms with E-state index in [1.165, 1.54) is 12.3 Å². The van der Waals surface area contributed by atoms with Gasteiger partial charge >= 0.3 is 0 Å². The van der Waals surface area contributed by atoms with Gasteiger partial charge in [-0.25, -0.2) is 4.98 Å². The van der Waals surface area contributed by atoms with Crippen LogP contribution in [0.3, 0.4) is 0 Å². The zero-order valence-corrected chi connectivity index (χ0v) is 8.89. The van der Waals surface area contributed by atoms with Crippen LogP contribution in [0.1, 0.15) is 18.1 Å². The van der Waals surface area contributed by atoms with E-state index in [-0.39, 0.29) is 5.56 Å². The van der Waals surface area contributed by atoms with Crippen LogP contribution in [0.5, 0.6) is 0 Å². The lowest BCUT2D eigenvalue weighted by atomic mass is 9.89. The van der Waals surface area contributed by atoms with Crippen molar-refractivity contribution in [2.24, 2.45) is 0 Å². The van der Waals surface area contributed by atoms with Crippen molar-refractivity contribution >= 4 is 0 Å². The molecule has 2 nitrogen and oxygen atoms in total. The van der Waals surface area contributed by atoms with Crippen molar-refractivity contribution in [3.05, 3.63) is 65.7 Å². The van der Waals surface area contributed by atoms with Gasteiger partial charge in [-0.2, -0.15) is 4.39 Å². The maximum atomic E-state index is 13.5. The summed E-state index contributed by atoms with van der Waals surface area (Å²) in [5, 5.41) is 10.4. The second-order valence-corrected chi connectivity index (χ2v) is 3.78. The Hall–Kier alpha value is -1.74. The van der Waals surface area contributed by atoms with Crippen molar-refractivity contribution < 1.29 is 9.50 Å². The van der Waals surface area contributed by atoms with Gasteiger partial charge < -0.3 is 5.11 Å². The quantitative estimate of drug-likeness (QED) is 0.784. The lowest BCUT2D eigenvalue weighted by Gasteiger charge is -2.24. The van der Waals surface area contributed by atoms with Crippen LogP contribution >= 0.6 is 0 Å². The van der Waals surface area contributed by atoms with Crippen LogP contribution in [0, 0.1) is 5.95 Å². The lowest BCUT2D eigenvalue weighted by Crippen LogP contribution is -2.24. The summed E-state index contributed by atoms with van der Waals surface area (Å²) >= 11 is 0. The minimum atomic E-state index is -1.36. The topological polar surface area (TPSA) is 33.1 Å². The first-order chi connectivity index (χ1) is 7.62. The Morgan fingerprint density at radius 2 is 1.81 bits per heavy atom. The predicted octanol–water partition coefficient (Wildman–Crippen LogP) is 2.48. The number of aromatic nitrogens is 1. The molecule has 1 aromatic heterocycles. The molecule has 1 atom stereocenters. The van der Waals surface area contributed by atoms with Gasteiger partial charge in [0.05, 0.1) is 0 Å². The van der Waals surface area contributed by atoms with E-state index in [4.69, 9.17) is 0 Å². The van der Waals surface area contributed by atoms with Gasteiger partial charge in [0.25, 0.3) is 0 Å². The van der Waals surface area contributed by atoms with Crippen molar-refractivity contribution in [3.63, 3.8) is 0 Å². The van der Waals surface area contributed by atoms with E-state index in [2.05, 4.69) is 4.98 Å². The van der Waals surface area contributed by atoms with Crippen LogP contribution in [-0.4, -0.2) is 10.1 Å². The smallest absolute Gasteiger partial charge is 0.219 e. The number of nitrogens with zero attached hydrogens (tertiary/aromatic N) is 1. The summed E-state index contributed by atoms with van der Waals surface area (Å²) in [6, 6.07) is 12.1. The molecular formula is C13H12FNO. The molecule has 0 fully saturated rings. The molecule has 0 aliphatic heterocycles. The van der Waals surface area contributed by atoms with Crippen molar-refractivity contribution in [3.8, 4) is 0 Å². The minimum absolute atomic E-state index is 0.182. The standard InChI is InChI=1S/C13H12FNO/c1-13(16,10-6-3-2-4-7-10)11-8-5-9-15-12(11)14/h2-9,16H,1H3/t13-/m0/s1. The molecule has 2 rings (SSSR count). The lowest BCUT2D eigenvalue weighted by molar-refractivity contribution is 0.0970. The first-order valence-corrected chi connectivity index (χ1v) is 5.01. The third-order valence-corrected chi connectivity index (χ3v) is 2.62. The summed E-state index contributed by atoms with van der Waals surface area (Å²) in [5.41, 5.74) is -0.539. The van der Waals surface area contributed by atoms with E-state index < -0.39 is 11.5 Å². The van der Waals surface area contributed by atoms with Crippen molar-refractivity contribution in [2.75, 3.05) is 0 Å². The van der Waals surface area contributed by atoms with Gasteiger partial charge in [-0.05, 0) is 24.6 Å². The minimum Gasteiger partial charge on any atom is -0.381 e. The molecule has 1 aromatic carbocycles. The fraction of sp³-hybridized carbons (Fsp3) is 0.154. The van der Waals surface area contributed by atoms with Gasteiger partial charge in [0.2, 0.25) is 5.95 Å². The van der Waals surface area contributed by atoms with Crippen molar-refractivity contribution in [2.45, 2.75) is 12.5 Å². The molecule has 0 aliphatic carbocycles. The molecular weight excluding hydrogens is 205 g/mol. The number of halogens is 1. The zero-order valence-electron chi connectivity index (χ0n) is 8.89. The Labute approximate surface area is 93.4 Å². The highest BCUT2D eigenvalue weighted by molar-refractivity contribution is 5.33. The maximum Gasteiger partial charge on any atom is 0.219 e. The van der Waals surface area contributed by atoms with Crippen LogP contribution in [0.2, 0.25) is 0 Å². The Morgan fingerprint density at radius 1 is 1.12 bits per heavy atom. The van der Waals surface area contributed by atoms with Gasteiger partial charge in [0.1, 0.15) is 5.60 Å². The third kappa shape index (κ3) is 1.82. The second kappa shape index (κ2) is 4.02. The number of benzene rings is 1. The molecule has 0 saturated carbocycles. The third-order valence-electron chi connectivity index (χ3n) is 2.62. The number of pyridine rings is 1. The highest BCUT2D eigenvalue weighted by Crippen LogP contribution is 2.29. The average Bonchev–Trinajstić information content (AvgIpc) is 2.30. The SMILES string of the molecule is C[C@](O)(c1ccccc1)c1cccnc1F. The molecule has 0 aliphatic rings. The highest BCUT2D eigenvalue weighted by Gasteiger charge is 2.28. The monoisotopic (exact) mass is 217 g/mol. The zero-order chi connectivity index (χ0) is 11.6. The molecule has 0 spiro atoms. The maximum absolute atomic E-state index is 13.5. The summed E-state index contributed by atoms with van der Waals surface area (Å²) in [6.07, 6.45) is 1.36. The van der Waals surface area contributed by atoms with Gasteiger partial charge in [-0.15, -0.1) is 0 Å². The van der Waals surface area contributed by atoms with Gasteiger partial charge in [-0.3, -0.25) is 0 Å². The second-order valence-electron chi connectivity index (χ2n) is 3.78. The molecule has 0 radical (unpaired) electrons. The molecule has 1 N–H and O–H groups in total. The molecule has 1 heterocycles. The average molecular weight is 217 g/mol. The Balaban J connectivity index is 2.51. The number of aliphatic hydroxyl groups is 1. The predicted molar refractivity (Wildman–Crippen MR) is 59.3 cm³/mol. The van der Waals surface area contributed by atoms with Crippen LogP contribution in [-0.2, 0) is 5.60 Å². The molecule has 3 heteroatoms. The Kier molecular flexibility index (Phi) is 2.71. The fourth-order valence-electron chi connectivity index (χ4n) is 1.67. The largest absolute Gasteiger partial charge is 0.381 e. The summed E-state index contributed by atoms with van der Waals surface area (Å²) in [7, 11) is 0. The van der Waals surface area contributed by atoms with E-state index in [9.17, 15) is 9.50 Å². The van der Waals surface area contributed by atoms with Crippen molar-refractivity contribution in [1.29, 1.82) is 0 Å². The molecule has 2 aromatic rings. The first kappa shape index (κ1) is 10.8. The highest BCUT2D eigenvalue weighted by atomic mass is 19.1. The van der Waals surface area contributed by atoms with Crippen LogP contribution in [0.4, 0.5) is 4.39 Å². The van der Waals surface area contributed by atoms with Gasteiger partial charge in [0.15, 0.2) is 0 Å². The van der Waals surface area contributed by atoms with E-state index in [0.29, 0.717) is 5.56 Å². The molecule has 0 bridgehead atoms. The summed E-state index contributed by atoms with van der Waals surface area (Å²) in [5.74, 6) is -0.642. The van der Waals surface area contributed by atoms with Gasteiger partial charge in [-0.1, -0.05) is 30.3 Å². The van der Waals surface area contributed by atoms with E-state index in [1.807, 2.05) is 6.07 Å². The van der Waals surface area contributed by atoms with E-state index in [1.54, 1.807) is 37.3 Å². The summed E-state index contributed by atoms with van der Waals surface area (Å²) < 4.78 is 13.5. The number of hydrogen-bond donors (Lipinski definition) is 1. The van der Waals surface area contributed by atoms with E-state index in [0.717, 1.165) is 0 Å². The van der Waals surface area contributed by atoms with Crippen LogP contribution < -0.4 is 0 Å². The number of hydrogen-bond acceptors (Lipinski definition) is 2. The molecule has 0 unspecified atom stereocenters. The van der Waals surface area contributed by atoms with Crippen LogP contribution in [0.15, 0.2) is 48.7 Å². The van der Waals surface area contributed by atoms with E-state index >= 15 is 0 Å². The van der Waals surface area contributed by atoms with Gasteiger partial charge in [0, 0.05) is 11.8 Å². The molecule has 82 valence electrons. The molecule has 16 heavy (non-hydrogen) atoms. The summed E-state index contributed by atoms with van der Waals surface area (Å²) in [4.78, 5) is 3.54. The fourth-order valence-corrected chi connectivity index (χ4v) is 1.67. The first-order valence-electron chi connectivity index (χ1n) is 5.01.